The minimum Gasteiger partial charge on any atom is -0.325 e. The van der Waals surface area contributed by atoms with E-state index in [0.29, 0.717) is 0 Å². The molecule has 0 unspecified atom stereocenters. The molecule has 2 fully saturated rings. The van der Waals surface area contributed by atoms with Gasteiger partial charge in [-0.2, -0.15) is 0 Å². The van der Waals surface area contributed by atoms with Gasteiger partial charge in [-0.1, -0.05) is 0 Å². The minimum atomic E-state index is 0.207. The lowest BCUT2D eigenvalue weighted by atomic mass is 9.75. The molecular formula is C12H25N3. The van der Waals surface area contributed by atoms with Crippen molar-refractivity contribution in [1.82, 2.24) is 9.80 Å². The fraction of sp³-hybridized carbons (Fsp3) is 1.00. The van der Waals surface area contributed by atoms with Crippen LogP contribution in [0.25, 0.3) is 0 Å². The maximum absolute atomic E-state index is 6.25. The Kier molecular flexibility index (Phi) is 3.65. The number of nitrogens with zero attached hydrogens (tertiary/aromatic N) is 2. The van der Waals surface area contributed by atoms with Gasteiger partial charge in [0.25, 0.3) is 0 Å². The van der Waals surface area contributed by atoms with Gasteiger partial charge in [-0.25, -0.2) is 0 Å². The first kappa shape index (κ1) is 11.4. The van der Waals surface area contributed by atoms with Crippen molar-refractivity contribution >= 4 is 0 Å². The first-order valence-electron chi connectivity index (χ1n) is 6.38. The van der Waals surface area contributed by atoms with Crippen LogP contribution < -0.4 is 5.73 Å². The summed E-state index contributed by atoms with van der Waals surface area (Å²) < 4.78 is 0. The average molecular weight is 211 g/mol. The standard InChI is InChI=1S/C12H25N3/c1-14-7-3-8-15(11-10-14)9-6-12(13)4-2-5-12/h2-11,13H2,1H3. The summed E-state index contributed by atoms with van der Waals surface area (Å²) >= 11 is 0. The molecule has 1 aliphatic heterocycles. The van der Waals surface area contributed by atoms with Gasteiger partial charge in [0.1, 0.15) is 0 Å². The third-order valence-corrected chi connectivity index (χ3v) is 4.09. The van der Waals surface area contributed by atoms with Gasteiger partial charge < -0.3 is 15.5 Å². The number of hydrogen-bond donors (Lipinski definition) is 1. The summed E-state index contributed by atoms with van der Waals surface area (Å²) in [7, 11) is 2.22. The van der Waals surface area contributed by atoms with Gasteiger partial charge >= 0.3 is 0 Å². The van der Waals surface area contributed by atoms with E-state index < -0.39 is 0 Å². The summed E-state index contributed by atoms with van der Waals surface area (Å²) in [5.74, 6) is 0. The van der Waals surface area contributed by atoms with E-state index in [1.54, 1.807) is 0 Å². The minimum absolute atomic E-state index is 0.207. The maximum atomic E-state index is 6.25. The Balaban J connectivity index is 1.69. The Morgan fingerprint density at radius 2 is 1.87 bits per heavy atom. The molecule has 0 aromatic heterocycles. The predicted molar refractivity (Wildman–Crippen MR) is 63.9 cm³/mol. The normalized spacial score (nSPS) is 28.4. The van der Waals surface area contributed by atoms with E-state index in [4.69, 9.17) is 5.73 Å². The predicted octanol–water partition coefficient (Wildman–Crippen LogP) is 0.895. The number of rotatable bonds is 3. The molecule has 1 saturated carbocycles. The highest BCUT2D eigenvalue weighted by Crippen LogP contribution is 2.32. The highest BCUT2D eigenvalue weighted by Gasteiger charge is 2.32. The van der Waals surface area contributed by atoms with Crippen molar-refractivity contribution in [2.45, 2.75) is 37.6 Å². The number of nitrogens with two attached hydrogens (primary N) is 1. The summed E-state index contributed by atoms with van der Waals surface area (Å²) in [6, 6.07) is 0. The van der Waals surface area contributed by atoms with Crippen LogP contribution in [0.1, 0.15) is 32.1 Å². The van der Waals surface area contributed by atoms with Gasteiger partial charge in [0, 0.05) is 18.6 Å². The quantitative estimate of drug-likeness (QED) is 0.752. The van der Waals surface area contributed by atoms with Crippen molar-refractivity contribution in [3.8, 4) is 0 Å². The van der Waals surface area contributed by atoms with E-state index in [2.05, 4.69) is 16.8 Å². The van der Waals surface area contributed by atoms with Gasteiger partial charge in [0.05, 0.1) is 0 Å². The van der Waals surface area contributed by atoms with Gasteiger partial charge in [-0.15, -0.1) is 0 Å². The lowest BCUT2D eigenvalue weighted by Gasteiger charge is -2.39. The first-order chi connectivity index (χ1) is 7.18. The molecule has 3 nitrogen and oxygen atoms in total. The van der Waals surface area contributed by atoms with Gasteiger partial charge in [-0.05, 0) is 58.8 Å². The Bertz CT molecular complexity index is 201. The van der Waals surface area contributed by atoms with E-state index in [1.807, 2.05) is 0 Å². The third kappa shape index (κ3) is 3.16. The molecule has 15 heavy (non-hydrogen) atoms. The van der Waals surface area contributed by atoms with Crippen LogP contribution in [-0.4, -0.2) is 55.1 Å². The molecule has 2 N–H and O–H groups in total. The van der Waals surface area contributed by atoms with Crippen molar-refractivity contribution < 1.29 is 0 Å². The fourth-order valence-corrected chi connectivity index (χ4v) is 2.59. The van der Waals surface area contributed by atoms with Crippen molar-refractivity contribution in [1.29, 1.82) is 0 Å². The molecule has 1 saturated heterocycles. The molecule has 0 amide bonds. The molecule has 0 atom stereocenters. The topological polar surface area (TPSA) is 32.5 Å². The van der Waals surface area contributed by atoms with Gasteiger partial charge in [0.15, 0.2) is 0 Å². The Labute approximate surface area is 93.6 Å². The molecule has 3 heteroatoms. The second-order valence-electron chi connectivity index (χ2n) is 5.46. The number of hydrogen-bond acceptors (Lipinski definition) is 3. The summed E-state index contributed by atoms with van der Waals surface area (Å²) in [6.45, 7) is 6.18. The number of likely N-dealkylation sites (N-methyl/N-ethyl adjacent to an activating group) is 1. The van der Waals surface area contributed by atoms with Gasteiger partial charge in [0.2, 0.25) is 0 Å². The van der Waals surface area contributed by atoms with E-state index in [0.717, 1.165) is 0 Å². The molecule has 1 heterocycles. The van der Waals surface area contributed by atoms with Crippen LogP contribution in [0.15, 0.2) is 0 Å². The highest BCUT2D eigenvalue weighted by atomic mass is 15.2. The zero-order valence-corrected chi connectivity index (χ0v) is 10.0. The second-order valence-corrected chi connectivity index (χ2v) is 5.46. The van der Waals surface area contributed by atoms with E-state index in [1.165, 1.54) is 64.8 Å². The Hall–Kier alpha value is -0.120. The monoisotopic (exact) mass is 211 g/mol. The lowest BCUT2D eigenvalue weighted by Crippen LogP contribution is -2.49. The van der Waals surface area contributed by atoms with Crippen LogP contribution in [0.5, 0.6) is 0 Å². The molecule has 2 aliphatic rings. The zero-order chi connectivity index (χ0) is 10.7. The Morgan fingerprint density at radius 3 is 2.53 bits per heavy atom. The van der Waals surface area contributed by atoms with Gasteiger partial charge in [-0.3, -0.25) is 0 Å². The summed E-state index contributed by atoms with van der Waals surface area (Å²) in [5.41, 5.74) is 6.46. The summed E-state index contributed by atoms with van der Waals surface area (Å²) in [4.78, 5) is 5.03. The van der Waals surface area contributed by atoms with Crippen molar-refractivity contribution in [2.75, 3.05) is 39.8 Å². The molecule has 88 valence electrons. The molecule has 0 bridgehead atoms. The zero-order valence-electron chi connectivity index (χ0n) is 10.0. The molecular weight excluding hydrogens is 186 g/mol. The molecule has 2 rings (SSSR count). The van der Waals surface area contributed by atoms with Crippen LogP contribution >= 0.6 is 0 Å². The molecule has 0 radical (unpaired) electrons. The molecule has 1 aliphatic carbocycles. The maximum Gasteiger partial charge on any atom is 0.0166 e. The van der Waals surface area contributed by atoms with Crippen LogP contribution in [0.2, 0.25) is 0 Å². The van der Waals surface area contributed by atoms with E-state index in [-0.39, 0.29) is 5.54 Å². The van der Waals surface area contributed by atoms with Crippen LogP contribution in [0, 0.1) is 0 Å². The molecule has 0 aromatic carbocycles. The van der Waals surface area contributed by atoms with Crippen molar-refractivity contribution in [2.24, 2.45) is 5.73 Å². The third-order valence-electron chi connectivity index (χ3n) is 4.09. The lowest BCUT2D eigenvalue weighted by molar-refractivity contribution is 0.183. The van der Waals surface area contributed by atoms with Crippen LogP contribution in [0.3, 0.4) is 0 Å². The highest BCUT2D eigenvalue weighted by molar-refractivity contribution is 4.93. The molecule has 0 aromatic rings. The second kappa shape index (κ2) is 4.81. The average Bonchev–Trinajstić information content (AvgIpc) is 2.37. The SMILES string of the molecule is CN1CCCN(CCC2(N)CCC2)CC1. The van der Waals surface area contributed by atoms with Crippen molar-refractivity contribution in [3.05, 3.63) is 0 Å². The van der Waals surface area contributed by atoms with Crippen molar-refractivity contribution in [3.63, 3.8) is 0 Å². The van der Waals surface area contributed by atoms with Crippen LogP contribution in [0.4, 0.5) is 0 Å². The van der Waals surface area contributed by atoms with E-state index >= 15 is 0 Å². The first-order valence-corrected chi connectivity index (χ1v) is 6.38. The van der Waals surface area contributed by atoms with E-state index in [9.17, 15) is 0 Å². The largest absolute Gasteiger partial charge is 0.325 e. The Morgan fingerprint density at radius 1 is 1.07 bits per heavy atom. The fourth-order valence-electron chi connectivity index (χ4n) is 2.59. The summed E-state index contributed by atoms with van der Waals surface area (Å²) in [6.07, 6.45) is 6.37. The van der Waals surface area contributed by atoms with Crippen LogP contribution in [-0.2, 0) is 0 Å². The molecule has 0 spiro atoms. The smallest absolute Gasteiger partial charge is 0.0166 e. The summed E-state index contributed by atoms with van der Waals surface area (Å²) in [5, 5.41) is 0.